The number of aliphatic hydroxyl groups excluding tert-OH is 1. The number of hydrogen-bond acceptors (Lipinski definition) is 2. The van der Waals surface area contributed by atoms with Gasteiger partial charge in [-0.15, -0.1) is 0 Å². The molecule has 192 valence electrons. The molecule has 0 saturated carbocycles. The molecule has 0 aliphatic rings. The fourth-order valence-electron chi connectivity index (χ4n) is 1.68. The molecule has 0 atom stereocenters. The summed E-state index contributed by atoms with van der Waals surface area (Å²) in [5, 5.41) is 16.1. The Morgan fingerprint density at radius 3 is 1.21 bits per heavy atom. The van der Waals surface area contributed by atoms with Gasteiger partial charge in [-0.2, -0.15) is 65.9 Å². The third-order valence-electron chi connectivity index (χ3n) is 3.61. The van der Waals surface area contributed by atoms with Crippen LogP contribution in [-0.2, 0) is 0 Å². The van der Waals surface area contributed by atoms with Gasteiger partial charge in [-0.3, -0.25) is 0 Å². The topological polar surface area (TPSA) is 57.5 Å². The van der Waals surface area contributed by atoms with Crippen molar-refractivity contribution in [3.05, 3.63) is 35.9 Å². The summed E-state index contributed by atoms with van der Waals surface area (Å²) in [5.41, 5.74) is 0.331. The number of hydrogen-bond donors (Lipinski definition) is 2. The Hall–Kier alpha value is -2.40. The minimum Gasteiger partial charge on any atom is -0.478 e. The normalized spacial score (nSPS) is 14.4. The van der Waals surface area contributed by atoms with Gasteiger partial charge >= 0.3 is 47.7 Å². The lowest BCUT2D eigenvalue weighted by atomic mass is 9.91. The molecule has 3 nitrogen and oxygen atoms in total. The molecule has 0 spiro atoms. The molecule has 33 heavy (non-hydrogen) atoms. The van der Waals surface area contributed by atoms with E-state index in [1.807, 2.05) is 0 Å². The molecule has 0 fully saturated rings. The number of aromatic carboxylic acids is 1. The number of carboxylic acid groups (broad SMARTS) is 1. The first-order valence-corrected chi connectivity index (χ1v) is 7.59. The fraction of sp³-hybridized carbons (Fsp3) is 0.533. The summed E-state index contributed by atoms with van der Waals surface area (Å²) >= 11 is 0. The van der Waals surface area contributed by atoms with Crippen molar-refractivity contribution >= 4 is 5.97 Å². The number of benzene rings is 1. The van der Waals surface area contributed by atoms with Crippen molar-refractivity contribution < 1.29 is 80.9 Å². The van der Waals surface area contributed by atoms with Gasteiger partial charge in [0.05, 0.1) is 5.56 Å². The SMILES string of the molecule is O=C(O)c1ccccc1.OCC(F)(F)C(F)(F)C(F)(F)C(F)(F)C(F)(F)C(F)(F)C(F)(F)F. The van der Waals surface area contributed by atoms with E-state index in [9.17, 15) is 70.7 Å². The Balaban J connectivity index is 0.000000938. The Morgan fingerprint density at radius 1 is 0.606 bits per heavy atom. The highest BCUT2D eigenvalue weighted by molar-refractivity contribution is 5.87. The Bertz CT molecular complexity index is 803. The van der Waals surface area contributed by atoms with Gasteiger partial charge in [0.15, 0.2) is 0 Å². The number of carboxylic acids is 1. The van der Waals surface area contributed by atoms with E-state index >= 15 is 0 Å². The second kappa shape index (κ2) is 9.09. The van der Waals surface area contributed by atoms with Crippen LogP contribution >= 0.6 is 0 Å². The standard InChI is InChI=1S/C8H3F15O.C7H6O2/c9-2(10,1-24)3(11,12)4(13,14)5(15,16)6(17,18)7(19,20)8(21,22)23;8-7(9)6-4-2-1-3-5-6/h24H,1H2;1-5H,(H,8,9). The predicted octanol–water partition coefficient (Wildman–Crippen LogP) is 5.74. The van der Waals surface area contributed by atoms with Crippen LogP contribution in [0.2, 0.25) is 0 Å². The lowest BCUT2D eigenvalue weighted by Crippen LogP contribution is -2.72. The number of rotatable bonds is 7. The molecule has 18 heteroatoms. The maximum absolute atomic E-state index is 12.8. The molecule has 0 aliphatic carbocycles. The fourth-order valence-corrected chi connectivity index (χ4v) is 1.68. The van der Waals surface area contributed by atoms with E-state index in [0.29, 0.717) is 5.56 Å². The highest BCUT2D eigenvalue weighted by Gasteiger charge is 2.93. The first kappa shape index (κ1) is 30.6. The molecule has 0 unspecified atom stereocenters. The van der Waals surface area contributed by atoms with E-state index in [1.54, 1.807) is 30.3 Å². The molecular weight excluding hydrogens is 513 g/mol. The van der Waals surface area contributed by atoms with Crippen molar-refractivity contribution in [2.75, 3.05) is 6.61 Å². The molecule has 1 aromatic carbocycles. The summed E-state index contributed by atoms with van der Waals surface area (Å²) in [6.45, 7) is -3.34. The molecular formula is C15H9F15O3. The van der Waals surface area contributed by atoms with Crippen molar-refractivity contribution in [2.24, 2.45) is 0 Å². The van der Waals surface area contributed by atoms with E-state index in [4.69, 9.17) is 10.2 Å². The summed E-state index contributed by atoms with van der Waals surface area (Å²) in [6.07, 6.45) is -7.62. The lowest BCUT2D eigenvalue weighted by Gasteiger charge is -2.41. The number of carbonyl (C=O) groups is 1. The predicted molar refractivity (Wildman–Crippen MR) is 76.2 cm³/mol. The molecule has 0 amide bonds. The van der Waals surface area contributed by atoms with Gasteiger partial charge in [0.1, 0.15) is 6.61 Å². The number of halogens is 15. The highest BCUT2D eigenvalue weighted by Crippen LogP contribution is 2.62. The molecule has 2 N–H and O–H groups in total. The maximum atomic E-state index is 12.8. The van der Waals surface area contributed by atoms with E-state index < -0.39 is 54.3 Å². The number of aliphatic hydroxyl groups is 1. The van der Waals surface area contributed by atoms with Gasteiger partial charge in [0.25, 0.3) is 0 Å². The van der Waals surface area contributed by atoms with E-state index in [-0.39, 0.29) is 0 Å². The van der Waals surface area contributed by atoms with Crippen LogP contribution in [-0.4, -0.2) is 64.5 Å². The minimum atomic E-state index is -8.30. The molecule has 0 saturated heterocycles. The monoisotopic (exact) mass is 522 g/mol. The van der Waals surface area contributed by atoms with Gasteiger partial charge in [-0.05, 0) is 12.1 Å². The largest absolute Gasteiger partial charge is 0.478 e. The molecule has 1 rings (SSSR count). The van der Waals surface area contributed by atoms with Gasteiger partial charge in [0.2, 0.25) is 0 Å². The Kier molecular flexibility index (Phi) is 8.43. The Labute approximate surface area is 172 Å². The van der Waals surface area contributed by atoms with E-state index in [2.05, 4.69) is 0 Å². The summed E-state index contributed by atoms with van der Waals surface area (Å²) < 4.78 is 186. The van der Waals surface area contributed by atoms with Crippen LogP contribution in [0.4, 0.5) is 65.9 Å². The first-order chi connectivity index (χ1) is 14.4. The van der Waals surface area contributed by atoms with Crippen LogP contribution in [0, 0.1) is 0 Å². The summed E-state index contributed by atoms with van der Waals surface area (Å²) in [7, 11) is 0. The third kappa shape index (κ3) is 5.08. The van der Waals surface area contributed by atoms with Crippen LogP contribution in [0.5, 0.6) is 0 Å². The molecule has 0 aliphatic heterocycles. The zero-order valence-corrected chi connectivity index (χ0v) is 15.1. The van der Waals surface area contributed by atoms with Crippen molar-refractivity contribution in [1.29, 1.82) is 0 Å². The highest BCUT2D eigenvalue weighted by atomic mass is 19.4. The van der Waals surface area contributed by atoms with Crippen LogP contribution in [0.15, 0.2) is 30.3 Å². The third-order valence-corrected chi connectivity index (χ3v) is 3.61. The first-order valence-electron chi connectivity index (χ1n) is 7.59. The minimum absolute atomic E-state index is 0.331. The van der Waals surface area contributed by atoms with E-state index in [1.165, 1.54) is 0 Å². The molecule has 0 aromatic heterocycles. The zero-order valence-electron chi connectivity index (χ0n) is 15.1. The second-order valence-electron chi connectivity index (χ2n) is 5.90. The molecule has 1 aromatic rings. The Morgan fingerprint density at radius 2 is 0.939 bits per heavy atom. The van der Waals surface area contributed by atoms with Crippen molar-refractivity contribution in [2.45, 2.75) is 41.7 Å². The number of alkyl halides is 15. The summed E-state index contributed by atoms with van der Waals surface area (Å²) in [6, 6.07) is 8.30. The van der Waals surface area contributed by atoms with Gasteiger partial charge in [0, 0.05) is 0 Å². The van der Waals surface area contributed by atoms with Crippen molar-refractivity contribution in [1.82, 2.24) is 0 Å². The molecule has 0 bridgehead atoms. The molecule has 0 radical (unpaired) electrons. The quantitative estimate of drug-likeness (QED) is 0.450. The van der Waals surface area contributed by atoms with E-state index in [0.717, 1.165) is 0 Å². The van der Waals surface area contributed by atoms with Crippen LogP contribution in [0.25, 0.3) is 0 Å². The van der Waals surface area contributed by atoms with Crippen molar-refractivity contribution in [3.8, 4) is 0 Å². The van der Waals surface area contributed by atoms with Gasteiger partial charge in [-0.25, -0.2) is 4.79 Å². The lowest BCUT2D eigenvalue weighted by molar-refractivity contribution is -0.453. The maximum Gasteiger partial charge on any atom is 0.460 e. The summed E-state index contributed by atoms with van der Waals surface area (Å²) in [4.78, 5) is 10.2. The smallest absolute Gasteiger partial charge is 0.460 e. The van der Waals surface area contributed by atoms with Crippen LogP contribution in [0.3, 0.4) is 0 Å². The van der Waals surface area contributed by atoms with Crippen LogP contribution in [0.1, 0.15) is 10.4 Å². The average Bonchev–Trinajstić information content (AvgIpc) is 2.67. The molecule has 0 heterocycles. The summed E-state index contributed by atoms with van der Waals surface area (Å²) in [5.74, 6) is -47.7. The van der Waals surface area contributed by atoms with Crippen LogP contribution < -0.4 is 0 Å². The van der Waals surface area contributed by atoms with Gasteiger partial charge in [-0.1, -0.05) is 18.2 Å². The van der Waals surface area contributed by atoms with Gasteiger partial charge < -0.3 is 10.2 Å². The second-order valence-corrected chi connectivity index (χ2v) is 5.90. The zero-order chi connectivity index (χ0) is 26.9. The van der Waals surface area contributed by atoms with Crippen molar-refractivity contribution in [3.63, 3.8) is 0 Å². The average molecular weight is 522 g/mol.